The Morgan fingerprint density at radius 2 is 2.24 bits per heavy atom. The van der Waals surface area contributed by atoms with Gasteiger partial charge < -0.3 is 4.42 Å². The lowest BCUT2D eigenvalue weighted by molar-refractivity contribution is 0.560. The van der Waals surface area contributed by atoms with Crippen LogP contribution in [-0.4, -0.2) is 16.2 Å². The number of hydrazone groups is 1. The van der Waals surface area contributed by atoms with Crippen molar-refractivity contribution in [3.05, 3.63) is 40.9 Å². The summed E-state index contributed by atoms with van der Waals surface area (Å²) in [7, 11) is 0. The molecular weight excluding hydrogens is 284 g/mol. The lowest BCUT2D eigenvalue weighted by atomic mass is 9.97. The maximum atomic E-state index is 5.21. The van der Waals surface area contributed by atoms with E-state index in [0.717, 1.165) is 28.9 Å². The number of hydrogen-bond donors (Lipinski definition) is 1. The Bertz CT molecular complexity index is 791. The van der Waals surface area contributed by atoms with Gasteiger partial charge in [0.15, 0.2) is 5.82 Å². The monoisotopic (exact) mass is 298 g/mol. The van der Waals surface area contributed by atoms with Crippen molar-refractivity contribution in [2.75, 3.05) is 5.43 Å². The molecule has 0 saturated carbocycles. The van der Waals surface area contributed by atoms with Crippen molar-refractivity contribution in [3.63, 3.8) is 0 Å². The highest BCUT2D eigenvalue weighted by molar-refractivity contribution is 7.19. The zero-order valence-corrected chi connectivity index (χ0v) is 12.2. The van der Waals surface area contributed by atoms with Crippen LogP contribution < -0.4 is 5.43 Å². The fraction of sp³-hybridized carbons (Fsp3) is 0.267. The topological polar surface area (TPSA) is 63.3 Å². The second-order valence-corrected chi connectivity index (χ2v) is 6.08. The summed E-state index contributed by atoms with van der Waals surface area (Å²) in [6, 6.07) is 3.69. The summed E-state index contributed by atoms with van der Waals surface area (Å²) >= 11 is 1.78. The van der Waals surface area contributed by atoms with E-state index in [0.29, 0.717) is 5.76 Å². The first-order chi connectivity index (χ1) is 10.4. The minimum absolute atomic E-state index is 0.708. The van der Waals surface area contributed by atoms with E-state index in [2.05, 4.69) is 20.5 Å². The van der Waals surface area contributed by atoms with Crippen LogP contribution in [0, 0.1) is 0 Å². The Morgan fingerprint density at radius 3 is 3.14 bits per heavy atom. The van der Waals surface area contributed by atoms with E-state index < -0.39 is 0 Å². The largest absolute Gasteiger partial charge is 0.463 e. The zero-order valence-electron chi connectivity index (χ0n) is 11.4. The van der Waals surface area contributed by atoms with Gasteiger partial charge in [-0.2, -0.15) is 5.10 Å². The molecule has 3 heterocycles. The van der Waals surface area contributed by atoms with Gasteiger partial charge in [0.2, 0.25) is 0 Å². The van der Waals surface area contributed by atoms with Gasteiger partial charge in [0, 0.05) is 4.88 Å². The molecule has 0 unspecified atom stereocenters. The number of aromatic nitrogens is 2. The Morgan fingerprint density at radius 1 is 1.29 bits per heavy atom. The van der Waals surface area contributed by atoms with Gasteiger partial charge in [0.05, 0.1) is 17.9 Å². The van der Waals surface area contributed by atoms with Crippen LogP contribution in [0.4, 0.5) is 5.82 Å². The number of anilines is 1. The molecule has 3 aromatic heterocycles. The third-order valence-electron chi connectivity index (χ3n) is 3.66. The number of fused-ring (bicyclic) bond motifs is 3. The molecule has 106 valence electrons. The zero-order chi connectivity index (χ0) is 14.1. The molecule has 0 aliphatic heterocycles. The van der Waals surface area contributed by atoms with Gasteiger partial charge in [-0.25, -0.2) is 9.97 Å². The second-order valence-electron chi connectivity index (χ2n) is 5.00. The summed E-state index contributed by atoms with van der Waals surface area (Å²) in [5, 5.41) is 5.34. The van der Waals surface area contributed by atoms with E-state index in [1.54, 1.807) is 30.1 Å². The Balaban J connectivity index is 1.69. The van der Waals surface area contributed by atoms with E-state index in [9.17, 15) is 0 Å². The molecule has 0 bridgehead atoms. The van der Waals surface area contributed by atoms with Gasteiger partial charge >= 0.3 is 0 Å². The molecule has 0 radical (unpaired) electrons. The number of thiophene rings is 1. The molecule has 6 heteroatoms. The third-order valence-corrected chi connectivity index (χ3v) is 4.86. The smallest absolute Gasteiger partial charge is 0.158 e. The predicted octanol–water partition coefficient (Wildman–Crippen LogP) is 3.61. The first-order valence-corrected chi connectivity index (χ1v) is 7.81. The first-order valence-electron chi connectivity index (χ1n) is 6.99. The molecule has 1 aliphatic carbocycles. The fourth-order valence-corrected chi connectivity index (χ4v) is 3.93. The van der Waals surface area contributed by atoms with E-state index in [1.165, 1.54) is 23.3 Å². The van der Waals surface area contributed by atoms with Gasteiger partial charge in [-0.05, 0) is 43.4 Å². The molecule has 0 saturated heterocycles. The molecule has 1 N–H and O–H groups in total. The summed E-state index contributed by atoms with van der Waals surface area (Å²) in [5.74, 6) is 1.49. The van der Waals surface area contributed by atoms with Crippen LogP contribution in [0.2, 0.25) is 0 Å². The fourth-order valence-electron chi connectivity index (χ4n) is 2.70. The molecule has 0 atom stereocenters. The minimum Gasteiger partial charge on any atom is -0.463 e. The van der Waals surface area contributed by atoms with Crippen molar-refractivity contribution in [3.8, 4) is 0 Å². The predicted molar refractivity (Wildman–Crippen MR) is 84.0 cm³/mol. The Labute approximate surface area is 125 Å². The Kier molecular flexibility index (Phi) is 3.16. The van der Waals surface area contributed by atoms with E-state index in [-0.39, 0.29) is 0 Å². The molecule has 5 nitrogen and oxygen atoms in total. The van der Waals surface area contributed by atoms with Gasteiger partial charge in [-0.3, -0.25) is 5.43 Å². The summed E-state index contributed by atoms with van der Waals surface area (Å²) in [6.45, 7) is 0. The van der Waals surface area contributed by atoms with E-state index in [4.69, 9.17) is 4.42 Å². The number of nitrogens with zero attached hydrogens (tertiary/aromatic N) is 3. The molecule has 0 aromatic carbocycles. The highest BCUT2D eigenvalue weighted by atomic mass is 32.1. The quantitative estimate of drug-likeness (QED) is 0.592. The summed E-state index contributed by atoms with van der Waals surface area (Å²) < 4.78 is 5.21. The van der Waals surface area contributed by atoms with Crippen LogP contribution in [0.1, 0.15) is 29.0 Å². The number of hydrogen-bond acceptors (Lipinski definition) is 6. The first kappa shape index (κ1) is 12.5. The molecular formula is C15H14N4OS. The van der Waals surface area contributed by atoms with Crippen molar-refractivity contribution in [1.82, 2.24) is 9.97 Å². The summed E-state index contributed by atoms with van der Waals surface area (Å²) in [5.41, 5.74) is 4.43. The highest BCUT2D eigenvalue weighted by Crippen LogP contribution is 2.37. The van der Waals surface area contributed by atoms with Gasteiger partial charge in [-0.15, -0.1) is 11.3 Å². The SMILES string of the molecule is C(=N/Nc1ncnc2sc3c(c12)CCCC3)/c1ccco1. The molecule has 4 rings (SSSR count). The van der Waals surface area contributed by atoms with Gasteiger partial charge in [0.25, 0.3) is 0 Å². The van der Waals surface area contributed by atoms with Crippen LogP contribution >= 0.6 is 11.3 Å². The Hall–Kier alpha value is -2.21. The van der Waals surface area contributed by atoms with Crippen molar-refractivity contribution >= 4 is 33.6 Å². The summed E-state index contributed by atoms with van der Waals surface area (Å²) in [6.07, 6.45) is 9.64. The normalized spacial score (nSPS) is 14.7. The van der Waals surface area contributed by atoms with E-state index >= 15 is 0 Å². The highest BCUT2D eigenvalue weighted by Gasteiger charge is 2.19. The lowest BCUT2D eigenvalue weighted by Gasteiger charge is -2.11. The number of aryl methyl sites for hydroxylation is 2. The van der Waals surface area contributed by atoms with Crippen molar-refractivity contribution < 1.29 is 4.42 Å². The maximum Gasteiger partial charge on any atom is 0.158 e. The van der Waals surface area contributed by atoms with Crippen molar-refractivity contribution in [2.45, 2.75) is 25.7 Å². The third kappa shape index (κ3) is 2.31. The average molecular weight is 298 g/mol. The molecule has 0 spiro atoms. The van der Waals surface area contributed by atoms with Crippen LogP contribution in [0.3, 0.4) is 0 Å². The van der Waals surface area contributed by atoms with Crippen molar-refractivity contribution in [2.24, 2.45) is 5.10 Å². The standard InChI is InChI=1S/C15H14N4OS/c1-2-6-12-11(5-1)13-14(16-9-17-15(13)21-12)19-18-8-10-4-3-7-20-10/h3-4,7-9H,1-2,5-6H2,(H,16,17,19)/b18-8-. The number of nitrogens with one attached hydrogen (secondary N) is 1. The molecule has 0 fully saturated rings. The molecule has 21 heavy (non-hydrogen) atoms. The molecule has 3 aromatic rings. The molecule has 0 amide bonds. The second kappa shape index (κ2) is 5.29. The van der Waals surface area contributed by atoms with Crippen LogP contribution in [0.5, 0.6) is 0 Å². The van der Waals surface area contributed by atoms with Crippen LogP contribution in [-0.2, 0) is 12.8 Å². The van der Waals surface area contributed by atoms with Gasteiger partial charge in [-0.1, -0.05) is 0 Å². The van der Waals surface area contributed by atoms with E-state index in [1.807, 2.05) is 12.1 Å². The van der Waals surface area contributed by atoms with Crippen molar-refractivity contribution in [1.29, 1.82) is 0 Å². The lowest BCUT2D eigenvalue weighted by Crippen LogP contribution is -2.00. The number of furan rings is 1. The summed E-state index contributed by atoms with van der Waals surface area (Å²) in [4.78, 5) is 11.3. The number of rotatable bonds is 3. The van der Waals surface area contributed by atoms with Crippen LogP contribution in [0.25, 0.3) is 10.2 Å². The van der Waals surface area contributed by atoms with Gasteiger partial charge in [0.1, 0.15) is 16.9 Å². The molecule has 1 aliphatic rings. The average Bonchev–Trinajstić information content (AvgIpc) is 3.14. The maximum absolute atomic E-state index is 5.21. The minimum atomic E-state index is 0.708. The van der Waals surface area contributed by atoms with Crippen LogP contribution in [0.15, 0.2) is 34.2 Å².